The number of fused-ring (bicyclic) bond motifs is 7. The molecule has 0 spiro atoms. The van der Waals surface area contributed by atoms with Crippen molar-refractivity contribution < 1.29 is 4.42 Å². The van der Waals surface area contributed by atoms with Crippen LogP contribution < -0.4 is 4.90 Å². The molecule has 9 aromatic carbocycles. The van der Waals surface area contributed by atoms with Crippen LogP contribution in [0.2, 0.25) is 0 Å². The Kier molecular flexibility index (Phi) is 7.39. The Balaban J connectivity index is 0.985. The summed E-state index contributed by atoms with van der Waals surface area (Å²) in [5.41, 5.74) is 12.3. The largest absolute Gasteiger partial charge is 0.456 e. The van der Waals surface area contributed by atoms with E-state index in [-0.39, 0.29) is 0 Å². The van der Waals surface area contributed by atoms with E-state index in [1.807, 2.05) is 23.5 Å². The van der Waals surface area contributed by atoms with Crippen LogP contribution in [0.4, 0.5) is 17.1 Å². The number of hydrogen-bond donors (Lipinski definition) is 0. The van der Waals surface area contributed by atoms with Gasteiger partial charge in [-0.05, 0) is 117 Å². The number of hydrogen-bond acceptors (Lipinski definition) is 3. The number of furan rings is 1. The molecule has 0 saturated carbocycles. The van der Waals surface area contributed by atoms with Crippen LogP contribution in [0.3, 0.4) is 0 Å². The van der Waals surface area contributed by atoms with E-state index in [0.717, 1.165) is 50.1 Å². The van der Waals surface area contributed by atoms with Crippen molar-refractivity contribution in [3.05, 3.63) is 200 Å². The van der Waals surface area contributed by atoms with Gasteiger partial charge in [-0.2, -0.15) is 0 Å². The second-order valence-electron chi connectivity index (χ2n) is 14.1. The summed E-state index contributed by atoms with van der Waals surface area (Å²) in [4.78, 5) is 2.37. The number of thiophene rings is 1. The summed E-state index contributed by atoms with van der Waals surface area (Å²) >= 11 is 1.85. The van der Waals surface area contributed by atoms with Crippen molar-refractivity contribution in [3.63, 3.8) is 0 Å². The fourth-order valence-corrected chi connectivity index (χ4v) is 9.24. The molecule has 0 amide bonds. The van der Waals surface area contributed by atoms with E-state index >= 15 is 0 Å². The third-order valence-electron chi connectivity index (χ3n) is 10.9. The number of anilines is 3. The number of benzene rings is 9. The summed E-state index contributed by atoms with van der Waals surface area (Å²) in [5.74, 6) is 0. The number of para-hydroxylation sites is 1. The molecule has 2 heterocycles. The van der Waals surface area contributed by atoms with Gasteiger partial charge in [0.1, 0.15) is 11.2 Å². The van der Waals surface area contributed by atoms with Crippen molar-refractivity contribution in [2.45, 2.75) is 0 Å². The zero-order chi connectivity index (χ0) is 36.3. The molecule has 0 bridgehead atoms. The summed E-state index contributed by atoms with van der Waals surface area (Å²) in [6, 6.07) is 72.3. The topological polar surface area (TPSA) is 16.4 Å². The van der Waals surface area contributed by atoms with Crippen LogP contribution in [0, 0.1) is 0 Å². The molecule has 11 aromatic rings. The van der Waals surface area contributed by atoms with Crippen molar-refractivity contribution in [1.82, 2.24) is 0 Å². The van der Waals surface area contributed by atoms with Crippen LogP contribution in [0.25, 0.3) is 86.3 Å². The SMILES string of the molecule is c1cc(-c2ccc(N(c3ccc(-c4ccc5c(c4)oc4ccccc45)cc3)c3ccc4sc5ccccc5c4c3)cc2)cc(-c2cccc3ccccc23)c1. The fraction of sp³-hybridized carbons (Fsp3) is 0. The maximum absolute atomic E-state index is 6.23. The average molecular weight is 720 g/mol. The molecule has 2 aromatic heterocycles. The smallest absolute Gasteiger partial charge is 0.136 e. The zero-order valence-electron chi connectivity index (χ0n) is 29.8. The molecule has 0 unspecified atom stereocenters. The first-order valence-corrected chi connectivity index (χ1v) is 19.5. The molecule has 55 heavy (non-hydrogen) atoms. The normalized spacial score (nSPS) is 11.6. The van der Waals surface area contributed by atoms with E-state index in [4.69, 9.17) is 4.42 Å². The molecule has 11 rings (SSSR count). The maximum atomic E-state index is 6.23. The first-order valence-electron chi connectivity index (χ1n) is 18.7. The molecule has 2 nitrogen and oxygen atoms in total. The summed E-state index contributed by atoms with van der Waals surface area (Å²) in [6.45, 7) is 0. The van der Waals surface area contributed by atoms with Gasteiger partial charge in [0.25, 0.3) is 0 Å². The molecular formula is C52H33NOS. The summed E-state index contributed by atoms with van der Waals surface area (Å²) < 4.78 is 8.83. The number of rotatable bonds is 6. The highest BCUT2D eigenvalue weighted by molar-refractivity contribution is 7.25. The van der Waals surface area contributed by atoms with Gasteiger partial charge in [-0.1, -0.05) is 127 Å². The van der Waals surface area contributed by atoms with Gasteiger partial charge in [0.05, 0.1) is 0 Å². The molecule has 0 aliphatic heterocycles. The van der Waals surface area contributed by atoms with Crippen LogP contribution in [0.5, 0.6) is 0 Å². The van der Waals surface area contributed by atoms with E-state index in [0.29, 0.717) is 0 Å². The predicted molar refractivity (Wildman–Crippen MR) is 235 cm³/mol. The van der Waals surface area contributed by atoms with E-state index in [1.54, 1.807) is 0 Å². The lowest BCUT2D eigenvalue weighted by Crippen LogP contribution is -2.09. The minimum Gasteiger partial charge on any atom is -0.456 e. The number of nitrogens with zero attached hydrogens (tertiary/aromatic N) is 1. The Morgan fingerprint density at radius 3 is 1.73 bits per heavy atom. The monoisotopic (exact) mass is 719 g/mol. The second-order valence-corrected chi connectivity index (χ2v) is 15.2. The first kappa shape index (κ1) is 31.6. The Morgan fingerprint density at radius 1 is 0.327 bits per heavy atom. The van der Waals surface area contributed by atoms with Crippen LogP contribution in [-0.2, 0) is 0 Å². The lowest BCUT2D eigenvalue weighted by atomic mass is 9.95. The lowest BCUT2D eigenvalue weighted by molar-refractivity contribution is 0.669. The Hall–Kier alpha value is -6.94. The van der Waals surface area contributed by atoms with Crippen LogP contribution in [0.15, 0.2) is 205 Å². The van der Waals surface area contributed by atoms with Crippen molar-refractivity contribution >= 4 is 81.3 Å². The van der Waals surface area contributed by atoms with Gasteiger partial charge in [0, 0.05) is 48.0 Å². The highest BCUT2D eigenvalue weighted by Gasteiger charge is 2.16. The molecule has 3 heteroatoms. The predicted octanol–water partition coefficient (Wildman–Crippen LogP) is 15.6. The molecule has 0 radical (unpaired) electrons. The van der Waals surface area contributed by atoms with E-state index < -0.39 is 0 Å². The van der Waals surface area contributed by atoms with Gasteiger partial charge in [0.2, 0.25) is 0 Å². The second kappa shape index (κ2) is 12.9. The molecule has 0 fully saturated rings. The zero-order valence-corrected chi connectivity index (χ0v) is 30.6. The lowest BCUT2D eigenvalue weighted by Gasteiger charge is -2.26. The standard InChI is InChI=1S/C52H33NOS/c1-2-13-43-36(9-1)10-8-16-44(43)39-12-7-11-37(31-39)34-19-24-40(25-20-34)53(42-28-30-52-48(33-42)47-15-4-6-18-51(47)55-52)41-26-21-35(22-27-41)38-23-29-46-45-14-3-5-17-49(45)54-50(46)32-38/h1-33H. The van der Waals surface area contributed by atoms with Crippen molar-refractivity contribution in [2.24, 2.45) is 0 Å². The van der Waals surface area contributed by atoms with Gasteiger partial charge in [0.15, 0.2) is 0 Å². The Labute approximate surface area is 322 Å². The fourth-order valence-electron chi connectivity index (χ4n) is 8.16. The summed E-state index contributed by atoms with van der Waals surface area (Å²) in [5, 5.41) is 7.38. The van der Waals surface area contributed by atoms with Crippen molar-refractivity contribution in [3.8, 4) is 33.4 Å². The molecular weight excluding hydrogens is 687 g/mol. The van der Waals surface area contributed by atoms with Crippen molar-refractivity contribution in [2.75, 3.05) is 4.90 Å². The minimum absolute atomic E-state index is 0.906. The molecule has 0 aliphatic rings. The van der Waals surface area contributed by atoms with Crippen LogP contribution in [-0.4, -0.2) is 0 Å². The Morgan fingerprint density at radius 2 is 0.909 bits per heavy atom. The molecule has 0 aliphatic carbocycles. The average Bonchev–Trinajstić information content (AvgIpc) is 3.82. The third kappa shape index (κ3) is 5.48. The first-order chi connectivity index (χ1) is 27.2. The molecule has 258 valence electrons. The minimum atomic E-state index is 0.906. The van der Waals surface area contributed by atoms with Gasteiger partial charge < -0.3 is 9.32 Å². The van der Waals surface area contributed by atoms with Gasteiger partial charge in [-0.25, -0.2) is 0 Å². The van der Waals surface area contributed by atoms with E-state index in [2.05, 4.69) is 193 Å². The summed E-state index contributed by atoms with van der Waals surface area (Å²) in [7, 11) is 0. The van der Waals surface area contributed by atoms with E-state index in [9.17, 15) is 0 Å². The van der Waals surface area contributed by atoms with Crippen LogP contribution in [0.1, 0.15) is 0 Å². The Bertz CT molecular complexity index is 3200. The molecule has 0 N–H and O–H groups in total. The molecule has 0 atom stereocenters. The quantitative estimate of drug-likeness (QED) is 0.170. The third-order valence-corrected chi connectivity index (χ3v) is 12.0. The van der Waals surface area contributed by atoms with Crippen LogP contribution >= 0.6 is 11.3 Å². The van der Waals surface area contributed by atoms with E-state index in [1.165, 1.54) is 53.2 Å². The highest BCUT2D eigenvalue weighted by atomic mass is 32.1. The van der Waals surface area contributed by atoms with Gasteiger partial charge >= 0.3 is 0 Å². The highest BCUT2D eigenvalue weighted by Crippen LogP contribution is 2.42. The van der Waals surface area contributed by atoms with Gasteiger partial charge in [-0.3, -0.25) is 0 Å². The maximum Gasteiger partial charge on any atom is 0.136 e. The van der Waals surface area contributed by atoms with Crippen molar-refractivity contribution in [1.29, 1.82) is 0 Å². The summed E-state index contributed by atoms with van der Waals surface area (Å²) in [6.07, 6.45) is 0. The van der Waals surface area contributed by atoms with Gasteiger partial charge in [-0.15, -0.1) is 11.3 Å². The molecule has 0 saturated heterocycles.